The fourth-order valence-corrected chi connectivity index (χ4v) is 3.45. The summed E-state index contributed by atoms with van der Waals surface area (Å²) in [6.07, 6.45) is -1.57. The van der Waals surface area contributed by atoms with Gasteiger partial charge in [-0.2, -0.15) is 13.2 Å². The second-order valence-electron chi connectivity index (χ2n) is 7.57. The van der Waals surface area contributed by atoms with Crippen molar-refractivity contribution in [1.82, 2.24) is 19.6 Å². The van der Waals surface area contributed by atoms with E-state index >= 15 is 0 Å². The molecule has 0 atom stereocenters. The van der Waals surface area contributed by atoms with Crippen LogP contribution >= 0.6 is 0 Å². The summed E-state index contributed by atoms with van der Waals surface area (Å²) in [6, 6.07) is 9.71. The van der Waals surface area contributed by atoms with Crippen LogP contribution in [0.25, 0.3) is 16.9 Å². The molecule has 0 radical (unpaired) electrons. The van der Waals surface area contributed by atoms with Crippen LogP contribution in [0.1, 0.15) is 15.9 Å². The Balaban J connectivity index is 1.51. The second-order valence-corrected chi connectivity index (χ2v) is 7.57. The predicted molar refractivity (Wildman–Crippen MR) is 104 cm³/mol. The summed E-state index contributed by atoms with van der Waals surface area (Å²) >= 11 is 0. The quantitative estimate of drug-likeness (QED) is 0.605. The SMILES string of the molecule is O=C(Cc1cccc(-c2cnc3cc(C(=O)N4CC(F)(F)C4)ccn23)c1)NCC(F)(F)F. The highest BCUT2D eigenvalue weighted by Gasteiger charge is 2.46. The number of rotatable bonds is 5. The number of benzene rings is 1. The molecule has 32 heavy (non-hydrogen) atoms. The van der Waals surface area contributed by atoms with Crippen LogP contribution in [0.3, 0.4) is 0 Å². The molecule has 1 saturated heterocycles. The molecule has 0 spiro atoms. The molecular weight excluding hydrogens is 435 g/mol. The predicted octanol–water partition coefficient (Wildman–Crippen LogP) is 3.31. The Morgan fingerprint density at radius 1 is 1.12 bits per heavy atom. The fraction of sp³-hybridized carbons (Fsp3) is 0.286. The van der Waals surface area contributed by atoms with Crippen molar-refractivity contribution < 1.29 is 31.5 Å². The molecule has 168 valence electrons. The summed E-state index contributed by atoms with van der Waals surface area (Å²) in [4.78, 5) is 29.4. The van der Waals surface area contributed by atoms with E-state index in [2.05, 4.69) is 4.98 Å². The molecule has 2 aromatic heterocycles. The topological polar surface area (TPSA) is 66.7 Å². The molecule has 1 N–H and O–H groups in total. The smallest absolute Gasteiger partial charge is 0.347 e. The zero-order valence-corrected chi connectivity index (χ0v) is 16.5. The third kappa shape index (κ3) is 4.71. The minimum atomic E-state index is -4.48. The van der Waals surface area contributed by atoms with Gasteiger partial charge in [0.25, 0.3) is 11.8 Å². The van der Waals surface area contributed by atoms with Gasteiger partial charge in [0.2, 0.25) is 5.91 Å². The molecule has 3 aromatic rings. The van der Waals surface area contributed by atoms with E-state index in [0.717, 1.165) is 4.90 Å². The number of pyridine rings is 1. The van der Waals surface area contributed by atoms with Gasteiger partial charge < -0.3 is 10.2 Å². The van der Waals surface area contributed by atoms with E-state index in [4.69, 9.17) is 0 Å². The van der Waals surface area contributed by atoms with Crippen LogP contribution in [-0.2, 0) is 11.2 Å². The monoisotopic (exact) mass is 452 g/mol. The summed E-state index contributed by atoms with van der Waals surface area (Å²) in [5, 5.41) is 1.83. The highest BCUT2D eigenvalue weighted by Crippen LogP contribution is 2.29. The van der Waals surface area contributed by atoms with E-state index in [0.29, 0.717) is 22.5 Å². The zero-order valence-electron chi connectivity index (χ0n) is 16.5. The van der Waals surface area contributed by atoms with Gasteiger partial charge in [0.05, 0.1) is 31.4 Å². The lowest BCUT2D eigenvalue weighted by molar-refractivity contribution is -0.138. The number of aromatic nitrogens is 2. The maximum atomic E-state index is 13.0. The highest BCUT2D eigenvalue weighted by atomic mass is 19.4. The third-order valence-corrected chi connectivity index (χ3v) is 4.97. The first kappa shape index (κ1) is 21.7. The van der Waals surface area contributed by atoms with Gasteiger partial charge in [-0.3, -0.25) is 14.0 Å². The van der Waals surface area contributed by atoms with E-state index in [1.165, 1.54) is 12.1 Å². The van der Waals surface area contributed by atoms with Gasteiger partial charge in [-0.05, 0) is 23.8 Å². The van der Waals surface area contributed by atoms with Crippen LogP contribution in [0.15, 0.2) is 48.8 Å². The Morgan fingerprint density at radius 3 is 2.56 bits per heavy atom. The highest BCUT2D eigenvalue weighted by molar-refractivity contribution is 5.95. The van der Waals surface area contributed by atoms with Gasteiger partial charge in [0, 0.05) is 17.3 Å². The Morgan fingerprint density at radius 2 is 1.88 bits per heavy atom. The summed E-state index contributed by atoms with van der Waals surface area (Å²) in [5.41, 5.74) is 2.47. The van der Waals surface area contributed by atoms with Crippen molar-refractivity contribution in [1.29, 1.82) is 0 Å². The van der Waals surface area contributed by atoms with Gasteiger partial charge in [-0.15, -0.1) is 0 Å². The number of fused-ring (bicyclic) bond motifs is 1. The number of nitrogens with zero attached hydrogens (tertiary/aromatic N) is 3. The van der Waals surface area contributed by atoms with Gasteiger partial charge in [0.1, 0.15) is 12.2 Å². The number of carbonyl (C=O) groups excluding carboxylic acids is 2. The van der Waals surface area contributed by atoms with Gasteiger partial charge in [-0.25, -0.2) is 13.8 Å². The van der Waals surface area contributed by atoms with Crippen LogP contribution in [0, 0.1) is 0 Å². The van der Waals surface area contributed by atoms with E-state index in [-0.39, 0.29) is 12.0 Å². The largest absolute Gasteiger partial charge is 0.405 e. The Hall–Kier alpha value is -3.50. The minimum Gasteiger partial charge on any atom is -0.347 e. The maximum absolute atomic E-state index is 13.0. The Bertz CT molecular complexity index is 1180. The number of likely N-dealkylation sites (tertiary alicyclic amines) is 1. The van der Waals surface area contributed by atoms with Crippen molar-refractivity contribution >= 4 is 17.5 Å². The molecule has 0 saturated carbocycles. The first-order chi connectivity index (χ1) is 15.0. The molecule has 0 aliphatic carbocycles. The summed E-state index contributed by atoms with van der Waals surface area (Å²) in [6.45, 7) is -2.62. The Kier molecular flexibility index (Phi) is 5.35. The first-order valence-electron chi connectivity index (χ1n) is 9.58. The fourth-order valence-electron chi connectivity index (χ4n) is 3.45. The van der Waals surface area contributed by atoms with E-state index in [9.17, 15) is 31.5 Å². The van der Waals surface area contributed by atoms with Crippen LogP contribution in [0.2, 0.25) is 0 Å². The third-order valence-electron chi connectivity index (χ3n) is 4.97. The van der Waals surface area contributed by atoms with Crippen LogP contribution < -0.4 is 5.32 Å². The molecule has 3 heterocycles. The summed E-state index contributed by atoms with van der Waals surface area (Å²) in [5.74, 6) is -4.11. The number of halogens is 5. The normalized spacial score (nSPS) is 15.5. The van der Waals surface area contributed by atoms with Crippen LogP contribution in [-0.4, -0.2) is 57.8 Å². The van der Waals surface area contributed by atoms with Gasteiger partial charge in [0.15, 0.2) is 0 Å². The van der Waals surface area contributed by atoms with E-state index in [1.54, 1.807) is 41.1 Å². The molecule has 2 amide bonds. The van der Waals surface area contributed by atoms with E-state index < -0.39 is 43.5 Å². The van der Waals surface area contributed by atoms with Crippen molar-refractivity contribution in [2.75, 3.05) is 19.6 Å². The molecule has 6 nitrogen and oxygen atoms in total. The van der Waals surface area contributed by atoms with Crippen molar-refractivity contribution in [2.24, 2.45) is 0 Å². The zero-order chi connectivity index (χ0) is 23.1. The molecule has 1 aliphatic rings. The molecule has 0 bridgehead atoms. The second kappa shape index (κ2) is 7.88. The number of alkyl halides is 5. The molecule has 1 fully saturated rings. The lowest BCUT2D eigenvalue weighted by atomic mass is 10.1. The average Bonchev–Trinajstić information content (AvgIpc) is 3.13. The van der Waals surface area contributed by atoms with Crippen molar-refractivity contribution in [2.45, 2.75) is 18.5 Å². The average molecular weight is 452 g/mol. The summed E-state index contributed by atoms with van der Waals surface area (Å²) in [7, 11) is 0. The lowest BCUT2D eigenvalue weighted by Gasteiger charge is -2.38. The molecule has 0 unspecified atom stereocenters. The molecular formula is C21H17F5N4O2. The van der Waals surface area contributed by atoms with Crippen molar-refractivity contribution in [3.8, 4) is 11.3 Å². The number of hydrogen-bond acceptors (Lipinski definition) is 3. The minimum absolute atomic E-state index is 0.222. The Labute approximate surface area is 178 Å². The molecule has 1 aromatic carbocycles. The van der Waals surface area contributed by atoms with Crippen LogP contribution in [0.5, 0.6) is 0 Å². The van der Waals surface area contributed by atoms with Crippen molar-refractivity contribution in [3.63, 3.8) is 0 Å². The number of carbonyl (C=O) groups is 2. The number of nitrogens with one attached hydrogen (secondary N) is 1. The van der Waals surface area contributed by atoms with Gasteiger partial charge in [-0.1, -0.05) is 18.2 Å². The lowest BCUT2D eigenvalue weighted by Crippen LogP contribution is -2.58. The molecule has 4 rings (SSSR count). The maximum Gasteiger partial charge on any atom is 0.405 e. The summed E-state index contributed by atoms with van der Waals surface area (Å²) < 4.78 is 64.5. The van der Waals surface area contributed by atoms with Crippen molar-refractivity contribution in [3.05, 3.63) is 59.9 Å². The standard InChI is InChI=1S/C21H17F5N4O2/c22-20(23)11-29(12-20)19(32)15-4-5-30-16(9-27-17(30)8-15)14-3-1-2-13(6-14)7-18(31)28-10-21(24,25)26/h1-6,8-9H,7,10-12H2,(H,28,31). The first-order valence-corrected chi connectivity index (χ1v) is 9.58. The number of imidazole rings is 1. The van der Waals surface area contributed by atoms with Gasteiger partial charge >= 0.3 is 6.18 Å². The number of hydrogen-bond donors (Lipinski definition) is 1. The molecule has 1 aliphatic heterocycles. The number of amides is 2. The van der Waals surface area contributed by atoms with E-state index in [1.807, 2.05) is 5.32 Å². The molecule has 11 heteroatoms. The van der Waals surface area contributed by atoms with Crippen LogP contribution in [0.4, 0.5) is 22.0 Å².